The van der Waals surface area contributed by atoms with Crippen LogP contribution in [0, 0.1) is 6.92 Å². The Hall–Kier alpha value is -2.13. The van der Waals surface area contributed by atoms with E-state index in [2.05, 4.69) is 14.8 Å². The van der Waals surface area contributed by atoms with E-state index in [0.717, 1.165) is 5.69 Å². The number of nitrogens with one attached hydrogen (secondary N) is 1. The molecule has 9 heteroatoms. The van der Waals surface area contributed by atoms with Crippen molar-refractivity contribution in [2.75, 3.05) is 11.8 Å². The first-order chi connectivity index (χ1) is 9.99. The molecular formula is C12H12N4O3S2. The number of sulfonamides is 1. The molecule has 1 aromatic carbocycles. The molecular weight excluding hydrogens is 312 g/mol. The average Bonchev–Trinajstić information content (AvgIpc) is 3.00. The number of nitrogens with zero attached hydrogens (tertiary/aromatic N) is 3. The average molecular weight is 324 g/mol. The minimum atomic E-state index is -3.72. The SMILES string of the molecule is COc1ccc(S(=O)(=O)Nc2nc3scc(C)n3n2)cc1. The van der Waals surface area contributed by atoms with Crippen LogP contribution < -0.4 is 9.46 Å². The maximum atomic E-state index is 12.2. The summed E-state index contributed by atoms with van der Waals surface area (Å²) in [5.41, 5.74) is 0.900. The summed E-state index contributed by atoms with van der Waals surface area (Å²) in [6, 6.07) is 6.09. The van der Waals surface area contributed by atoms with Crippen LogP contribution in [0.2, 0.25) is 0 Å². The lowest BCUT2D eigenvalue weighted by atomic mass is 10.3. The normalized spacial score (nSPS) is 11.7. The van der Waals surface area contributed by atoms with Gasteiger partial charge in [-0.15, -0.1) is 16.4 Å². The third kappa shape index (κ3) is 2.57. The molecule has 1 N–H and O–H groups in total. The predicted molar refractivity (Wildman–Crippen MR) is 79.4 cm³/mol. The Balaban J connectivity index is 1.90. The summed E-state index contributed by atoms with van der Waals surface area (Å²) in [5, 5.41) is 6.02. The van der Waals surface area contributed by atoms with Crippen molar-refractivity contribution in [1.82, 2.24) is 14.6 Å². The second-order valence-electron chi connectivity index (χ2n) is 4.29. The largest absolute Gasteiger partial charge is 0.497 e. The lowest BCUT2D eigenvalue weighted by Gasteiger charge is -2.05. The molecule has 2 aromatic heterocycles. The standard InChI is InChI=1S/C12H12N4O3S2/c1-8-7-20-12-13-11(14-16(8)12)15-21(17,18)10-5-3-9(19-2)4-6-10/h3-7H,1-2H3,(H,14,15). The zero-order valence-electron chi connectivity index (χ0n) is 11.3. The second-order valence-corrected chi connectivity index (χ2v) is 6.81. The quantitative estimate of drug-likeness (QED) is 0.792. The van der Waals surface area contributed by atoms with Gasteiger partial charge in [-0.2, -0.15) is 4.98 Å². The van der Waals surface area contributed by atoms with Crippen molar-refractivity contribution in [1.29, 1.82) is 0 Å². The van der Waals surface area contributed by atoms with Crippen LogP contribution >= 0.6 is 11.3 Å². The topological polar surface area (TPSA) is 85.6 Å². The van der Waals surface area contributed by atoms with Crippen molar-refractivity contribution in [3.8, 4) is 5.75 Å². The summed E-state index contributed by atoms with van der Waals surface area (Å²) in [7, 11) is -2.20. The highest BCUT2D eigenvalue weighted by Gasteiger charge is 2.17. The van der Waals surface area contributed by atoms with E-state index >= 15 is 0 Å². The number of methoxy groups -OCH3 is 1. The molecule has 0 spiro atoms. The van der Waals surface area contributed by atoms with Crippen molar-refractivity contribution in [2.24, 2.45) is 0 Å². The zero-order valence-corrected chi connectivity index (χ0v) is 12.9. The molecule has 0 radical (unpaired) electrons. The molecule has 0 unspecified atom stereocenters. The smallest absolute Gasteiger partial charge is 0.264 e. The highest BCUT2D eigenvalue weighted by atomic mass is 32.2. The van der Waals surface area contributed by atoms with Gasteiger partial charge in [-0.05, 0) is 31.2 Å². The number of aromatic nitrogens is 3. The van der Waals surface area contributed by atoms with Gasteiger partial charge >= 0.3 is 0 Å². The molecule has 0 atom stereocenters. The predicted octanol–water partition coefficient (Wildman–Crippen LogP) is 1.91. The third-order valence-corrected chi connectivity index (χ3v) is 5.12. The Labute approximate surface area is 125 Å². The first-order valence-electron chi connectivity index (χ1n) is 5.97. The van der Waals surface area contributed by atoms with Crippen LogP contribution in [0.4, 0.5) is 5.95 Å². The van der Waals surface area contributed by atoms with Gasteiger partial charge in [-0.1, -0.05) is 0 Å². The number of benzene rings is 1. The fraction of sp³-hybridized carbons (Fsp3) is 0.167. The highest BCUT2D eigenvalue weighted by molar-refractivity contribution is 7.92. The van der Waals surface area contributed by atoms with E-state index in [1.165, 1.54) is 30.6 Å². The van der Waals surface area contributed by atoms with Gasteiger partial charge in [0, 0.05) is 5.38 Å². The Morgan fingerprint density at radius 3 is 2.62 bits per heavy atom. The number of rotatable bonds is 4. The van der Waals surface area contributed by atoms with Crippen molar-refractivity contribution in [3.05, 3.63) is 35.3 Å². The number of fused-ring (bicyclic) bond motifs is 1. The minimum Gasteiger partial charge on any atom is -0.497 e. The fourth-order valence-corrected chi connectivity index (χ4v) is 3.51. The lowest BCUT2D eigenvalue weighted by Crippen LogP contribution is -2.14. The molecule has 0 saturated carbocycles. The monoisotopic (exact) mass is 324 g/mol. The number of hydrogen-bond donors (Lipinski definition) is 1. The summed E-state index contributed by atoms with van der Waals surface area (Å²) in [6.07, 6.45) is 0. The number of thiazole rings is 1. The van der Waals surface area contributed by atoms with Crippen LogP contribution in [-0.4, -0.2) is 30.1 Å². The lowest BCUT2D eigenvalue weighted by molar-refractivity contribution is 0.414. The van der Waals surface area contributed by atoms with Crippen molar-refractivity contribution in [3.63, 3.8) is 0 Å². The molecule has 0 saturated heterocycles. The van der Waals surface area contributed by atoms with Crippen LogP contribution in [-0.2, 0) is 10.0 Å². The van der Waals surface area contributed by atoms with E-state index in [1.807, 2.05) is 12.3 Å². The summed E-state index contributed by atoms with van der Waals surface area (Å²) in [5.74, 6) is 0.644. The zero-order chi connectivity index (χ0) is 15.0. The molecule has 0 fully saturated rings. The molecule has 0 aliphatic heterocycles. The van der Waals surface area contributed by atoms with E-state index in [9.17, 15) is 8.42 Å². The van der Waals surface area contributed by atoms with Crippen LogP contribution in [0.5, 0.6) is 5.75 Å². The van der Waals surface area contributed by atoms with E-state index in [4.69, 9.17) is 4.74 Å². The second kappa shape index (κ2) is 5.01. The van der Waals surface area contributed by atoms with Gasteiger partial charge in [0.25, 0.3) is 16.0 Å². The number of hydrogen-bond acceptors (Lipinski definition) is 6. The molecule has 0 bridgehead atoms. The number of aryl methyl sites for hydroxylation is 1. The third-order valence-electron chi connectivity index (χ3n) is 2.84. The van der Waals surface area contributed by atoms with Gasteiger partial charge in [0.1, 0.15) is 5.75 Å². The van der Waals surface area contributed by atoms with Gasteiger partial charge in [0.05, 0.1) is 17.7 Å². The molecule has 3 aromatic rings. The van der Waals surface area contributed by atoms with Crippen molar-refractivity contribution < 1.29 is 13.2 Å². The van der Waals surface area contributed by atoms with E-state index in [-0.39, 0.29) is 10.8 Å². The maximum absolute atomic E-state index is 12.2. The van der Waals surface area contributed by atoms with Crippen molar-refractivity contribution in [2.45, 2.75) is 11.8 Å². The number of anilines is 1. The van der Waals surface area contributed by atoms with Crippen LogP contribution in [0.1, 0.15) is 5.69 Å². The Bertz CT molecular complexity index is 881. The fourth-order valence-electron chi connectivity index (χ4n) is 1.77. The van der Waals surface area contributed by atoms with Crippen molar-refractivity contribution >= 4 is 32.3 Å². The molecule has 3 rings (SSSR count). The van der Waals surface area contributed by atoms with Gasteiger partial charge in [0.2, 0.25) is 4.96 Å². The minimum absolute atomic E-state index is 0.0563. The van der Waals surface area contributed by atoms with Crippen LogP contribution in [0.3, 0.4) is 0 Å². The van der Waals surface area contributed by atoms with Gasteiger partial charge < -0.3 is 4.74 Å². The molecule has 2 heterocycles. The molecule has 0 aliphatic rings. The highest BCUT2D eigenvalue weighted by Crippen LogP contribution is 2.20. The van der Waals surface area contributed by atoms with Gasteiger partial charge in [0.15, 0.2) is 0 Å². The molecule has 0 aliphatic carbocycles. The first kappa shape index (κ1) is 13.8. The molecule has 110 valence electrons. The van der Waals surface area contributed by atoms with Gasteiger partial charge in [-0.25, -0.2) is 17.7 Å². The van der Waals surface area contributed by atoms with E-state index in [0.29, 0.717) is 10.7 Å². The Morgan fingerprint density at radius 2 is 2.00 bits per heavy atom. The Morgan fingerprint density at radius 1 is 1.29 bits per heavy atom. The summed E-state index contributed by atoms with van der Waals surface area (Å²) in [6.45, 7) is 1.87. The van der Waals surface area contributed by atoms with E-state index in [1.54, 1.807) is 16.6 Å². The molecule has 21 heavy (non-hydrogen) atoms. The van der Waals surface area contributed by atoms with Gasteiger partial charge in [-0.3, -0.25) is 0 Å². The molecule has 7 nitrogen and oxygen atoms in total. The Kier molecular flexibility index (Phi) is 3.30. The summed E-state index contributed by atoms with van der Waals surface area (Å²) in [4.78, 5) is 4.90. The summed E-state index contributed by atoms with van der Waals surface area (Å²) < 4.78 is 33.5. The maximum Gasteiger partial charge on any atom is 0.264 e. The van der Waals surface area contributed by atoms with Crippen LogP contribution in [0.25, 0.3) is 4.96 Å². The summed E-state index contributed by atoms with van der Waals surface area (Å²) >= 11 is 1.40. The molecule has 0 amide bonds. The number of ether oxygens (including phenoxy) is 1. The van der Waals surface area contributed by atoms with Crippen LogP contribution in [0.15, 0.2) is 34.5 Å². The first-order valence-corrected chi connectivity index (χ1v) is 8.33. The van der Waals surface area contributed by atoms with E-state index < -0.39 is 10.0 Å².